The van der Waals surface area contributed by atoms with Crippen LogP contribution in [0.4, 0.5) is 0 Å². The molecule has 1 aliphatic heterocycles. The van der Waals surface area contributed by atoms with Crippen molar-refractivity contribution in [2.45, 2.75) is 6.54 Å². The van der Waals surface area contributed by atoms with Crippen molar-refractivity contribution < 1.29 is 4.79 Å². The molecule has 0 aliphatic carbocycles. The van der Waals surface area contributed by atoms with E-state index in [2.05, 4.69) is 22.9 Å². The first-order valence-corrected chi connectivity index (χ1v) is 4.64. The van der Waals surface area contributed by atoms with Crippen LogP contribution in [0.5, 0.6) is 0 Å². The zero-order valence-electron chi connectivity index (χ0n) is 7.60. The average Bonchev–Trinajstić information content (AvgIpc) is 2.65. The summed E-state index contributed by atoms with van der Waals surface area (Å²) >= 11 is 0. The summed E-state index contributed by atoms with van der Waals surface area (Å²) < 4.78 is 2.16. The predicted octanol–water partition coefficient (Wildman–Crippen LogP) is 2.24. The number of aromatic nitrogens is 1. The maximum atomic E-state index is 10.9. The maximum Gasteiger partial charge on any atom is 0.150 e. The number of carbonyl (C=O) groups is 1. The molecule has 3 rings (SSSR count). The quantitative estimate of drug-likeness (QED) is 0.621. The molecule has 2 aromatic rings. The fraction of sp³-hybridized carbons (Fsp3) is 0.0833. The molecular weight excluding hydrogens is 174 g/mol. The van der Waals surface area contributed by atoms with Crippen molar-refractivity contribution in [2.24, 2.45) is 0 Å². The van der Waals surface area contributed by atoms with Gasteiger partial charge in [-0.3, -0.25) is 4.79 Å². The van der Waals surface area contributed by atoms with E-state index in [9.17, 15) is 4.79 Å². The van der Waals surface area contributed by atoms with Crippen molar-refractivity contribution in [1.29, 1.82) is 0 Å². The van der Waals surface area contributed by atoms with E-state index in [-0.39, 0.29) is 0 Å². The third-order valence-electron chi connectivity index (χ3n) is 2.73. The van der Waals surface area contributed by atoms with Gasteiger partial charge in [0.1, 0.15) is 6.29 Å². The van der Waals surface area contributed by atoms with Crippen molar-refractivity contribution in [3.05, 3.63) is 42.1 Å². The Morgan fingerprint density at radius 2 is 2.21 bits per heavy atom. The molecule has 0 fully saturated rings. The predicted molar refractivity (Wildman–Crippen MR) is 56.0 cm³/mol. The molecule has 14 heavy (non-hydrogen) atoms. The van der Waals surface area contributed by atoms with E-state index in [1.807, 2.05) is 18.2 Å². The highest BCUT2D eigenvalue weighted by atomic mass is 16.1. The highest BCUT2D eigenvalue weighted by molar-refractivity contribution is 6.12. The molecule has 68 valence electrons. The highest BCUT2D eigenvalue weighted by Crippen LogP contribution is 2.28. The maximum absolute atomic E-state index is 10.9. The summed E-state index contributed by atoms with van der Waals surface area (Å²) in [5.41, 5.74) is 3.03. The van der Waals surface area contributed by atoms with Gasteiger partial charge in [-0.2, -0.15) is 0 Å². The summed E-state index contributed by atoms with van der Waals surface area (Å²) in [5, 5.41) is 1.20. The molecule has 1 aromatic carbocycles. The zero-order valence-corrected chi connectivity index (χ0v) is 7.60. The van der Waals surface area contributed by atoms with E-state index < -0.39 is 0 Å². The molecule has 2 heterocycles. The van der Waals surface area contributed by atoms with Crippen LogP contribution in [-0.4, -0.2) is 10.9 Å². The third-order valence-corrected chi connectivity index (χ3v) is 2.73. The molecule has 1 aliphatic rings. The number of hydrogen-bond acceptors (Lipinski definition) is 1. The van der Waals surface area contributed by atoms with Crippen LogP contribution in [0.1, 0.15) is 5.56 Å². The Kier molecular flexibility index (Phi) is 1.39. The van der Waals surface area contributed by atoms with Crippen LogP contribution in [0.25, 0.3) is 16.5 Å². The summed E-state index contributed by atoms with van der Waals surface area (Å²) in [6.45, 7) is 0.800. The first-order valence-electron chi connectivity index (χ1n) is 4.64. The zero-order chi connectivity index (χ0) is 9.54. The van der Waals surface area contributed by atoms with Gasteiger partial charge in [-0.05, 0) is 6.07 Å². The first kappa shape index (κ1) is 7.56. The Bertz CT molecular complexity index is 548. The van der Waals surface area contributed by atoms with Gasteiger partial charge in [-0.15, -0.1) is 0 Å². The smallest absolute Gasteiger partial charge is 0.150 e. The molecule has 0 atom stereocenters. The Balaban J connectivity index is 2.45. The fourth-order valence-corrected chi connectivity index (χ4v) is 2.06. The minimum atomic E-state index is 0.800. The van der Waals surface area contributed by atoms with Crippen molar-refractivity contribution in [2.75, 3.05) is 0 Å². The van der Waals surface area contributed by atoms with Crippen molar-refractivity contribution in [1.82, 2.24) is 4.57 Å². The van der Waals surface area contributed by atoms with Gasteiger partial charge in [0, 0.05) is 29.3 Å². The third kappa shape index (κ3) is 0.826. The fourth-order valence-electron chi connectivity index (χ4n) is 2.06. The number of nitrogens with zero attached hydrogens (tertiary/aromatic N) is 1. The molecule has 2 nitrogen and oxygen atoms in total. The lowest BCUT2D eigenvalue weighted by Gasteiger charge is -2.13. The molecule has 1 aromatic heterocycles. The summed E-state index contributed by atoms with van der Waals surface area (Å²) in [4.78, 5) is 10.9. The van der Waals surface area contributed by atoms with Crippen molar-refractivity contribution >= 4 is 22.8 Å². The van der Waals surface area contributed by atoms with Gasteiger partial charge in [0.05, 0.1) is 5.52 Å². The number of allylic oxidation sites excluding steroid dienone is 2. The minimum Gasteiger partial charge on any atom is -0.343 e. The number of para-hydroxylation sites is 1. The van der Waals surface area contributed by atoms with Crippen molar-refractivity contribution in [3.8, 4) is 0 Å². The van der Waals surface area contributed by atoms with E-state index in [0.29, 0.717) is 0 Å². The van der Waals surface area contributed by atoms with E-state index >= 15 is 0 Å². The largest absolute Gasteiger partial charge is 0.343 e. The summed E-state index contributed by atoms with van der Waals surface area (Å²) in [6.07, 6.45) is 4.96. The molecule has 0 amide bonds. The lowest BCUT2D eigenvalue weighted by atomic mass is 10.0. The number of carbonyl (C=O) groups excluding carboxylic acids is 1. The Morgan fingerprint density at radius 3 is 3.07 bits per heavy atom. The van der Waals surface area contributed by atoms with Crippen LogP contribution in [0.3, 0.4) is 0 Å². The molecule has 0 saturated carbocycles. The summed E-state index contributed by atoms with van der Waals surface area (Å²) in [5.74, 6) is 0. The minimum absolute atomic E-state index is 0.800. The molecule has 0 saturated heterocycles. The second-order valence-electron chi connectivity index (χ2n) is 3.49. The summed E-state index contributed by atoms with van der Waals surface area (Å²) in [6, 6.07) is 8.15. The van der Waals surface area contributed by atoms with Crippen LogP contribution >= 0.6 is 0 Å². The van der Waals surface area contributed by atoms with Gasteiger partial charge >= 0.3 is 0 Å². The topological polar surface area (TPSA) is 22.0 Å². The molecule has 0 bridgehead atoms. The van der Waals surface area contributed by atoms with Gasteiger partial charge in [-0.1, -0.05) is 24.3 Å². The van der Waals surface area contributed by atoms with Gasteiger partial charge in [0.25, 0.3) is 0 Å². The SMILES string of the molecule is O=CC1=CCn2ccc3cccc1c32. The van der Waals surface area contributed by atoms with Crippen molar-refractivity contribution in [3.63, 3.8) is 0 Å². The second kappa shape index (κ2) is 2.58. The monoisotopic (exact) mass is 183 g/mol. The molecule has 0 spiro atoms. The van der Waals surface area contributed by atoms with Crippen LogP contribution in [0.15, 0.2) is 36.5 Å². The van der Waals surface area contributed by atoms with Gasteiger partial charge in [0.2, 0.25) is 0 Å². The van der Waals surface area contributed by atoms with Gasteiger partial charge < -0.3 is 4.57 Å². The Morgan fingerprint density at radius 1 is 1.29 bits per heavy atom. The molecular formula is C12H9NO. The normalized spacial score (nSPS) is 14.1. The van der Waals surface area contributed by atoms with E-state index in [1.54, 1.807) is 0 Å². The van der Waals surface area contributed by atoms with E-state index in [0.717, 1.165) is 24.0 Å². The Labute approximate surface area is 81.5 Å². The van der Waals surface area contributed by atoms with Crippen LogP contribution in [-0.2, 0) is 11.3 Å². The number of rotatable bonds is 1. The molecule has 0 N–H and O–H groups in total. The summed E-state index contributed by atoms with van der Waals surface area (Å²) in [7, 11) is 0. The second-order valence-corrected chi connectivity index (χ2v) is 3.49. The highest BCUT2D eigenvalue weighted by Gasteiger charge is 2.13. The van der Waals surface area contributed by atoms with E-state index in [4.69, 9.17) is 0 Å². The van der Waals surface area contributed by atoms with Crippen LogP contribution in [0.2, 0.25) is 0 Å². The number of hydrogen-bond donors (Lipinski definition) is 0. The lowest BCUT2D eigenvalue weighted by molar-refractivity contribution is -0.103. The molecule has 0 radical (unpaired) electrons. The first-order chi connectivity index (χ1) is 6.90. The van der Waals surface area contributed by atoms with Gasteiger partial charge in [-0.25, -0.2) is 0 Å². The molecule has 2 heteroatoms. The average molecular weight is 183 g/mol. The molecule has 0 unspecified atom stereocenters. The van der Waals surface area contributed by atoms with E-state index in [1.165, 1.54) is 10.9 Å². The number of benzene rings is 1. The van der Waals surface area contributed by atoms with Crippen LogP contribution in [0, 0.1) is 0 Å². The van der Waals surface area contributed by atoms with Gasteiger partial charge in [0.15, 0.2) is 0 Å². The van der Waals surface area contributed by atoms with Crippen LogP contribution < -0.4 is 0 Å². The number of aldehydes is 1. The standard InChI is InChI=1S/C12H9NO/c14-8-10-5-7-13-6-4-9-2-1-3-11(10)12(9)13/h1-6,8H,7H2. The lowest BCUT2D eigenvalue weighted by Crippen LogP contribution is -2.03. The Hall–Kier alpha value is -1.83.